The van der Waals surface area contributed by atoms with Gasteiger partial charge in [-0.05, 0) is 25.1 Å². The van der Waals surface area contributed by atoms with Crippen LogP contribution in [0.25, 0.3) is 22.3 Å². The summed E-state index contributed by atoms with van der Waals surface area (Å²) in [5.41, 5.74) is 4.32. The lowest BCUT2D eigenvalue weighted by Gasteiger charge is -2.09. The Morgan fingerprint density at radius 3 is 2.65 bits per heavy atom. The van der Waals surface area contributed by atoms with Crippen LogP contribution in [-0.4, -0.2) is 25.7 Å². The molecule has 0 aliphatic carbocycles. The smallest absolute Gasteiger partial charge is 0.256 e. The van der Waals surface area contributed by atoms with Gasteiger partial charge in [0.05, 0.1) is 34.2 Å². The number of hydrogen-bond acceptors (Lipinski definition) is 4. The Balaban J connectivity index is 1.88. The van der Waals surface area contributed by atoms with E-state index in [1.165, 1.54) is 0 Å². The highest BCUT2D eigenvalue weighted by Gasteiger charge is 2.19. The predicted molar refractivity (Wildman–Crippen MR) is 101 cm³/mol. The topological polar surface area (TPSA) is 72.7 Å². The summed E-state index contributed by atoms with van der Waals surface area (Å²) in [5, 5.41) is 8.09. The Labute approximate surface area is 150 Å². The Bertz CT molecular complexity index is 1090. The van der Waals surface area contributed by atoms with Gasteiger partial charge in [-0.1, -0.05) is 30.3 Å². The summed E-state index contributed by atoms with van der Waals surface area (Å²) in [6.45, 7) is 1.88. The number of anilines is 1. The van der Waals surface area contributed by atoms with Crippen molar-refractivity contribution in [2.75, 3.05) is 5.32 Å². The molecule has 6 heteroatoms. The van der Waals surface area contributed by atoms with E-state index in [9.17, 15) is 4.79 Å². The Morgan fingerprint density at radius 2 is 1.92 bits per heavy atom. The zero-order valence-electron chi connectivity index (χ0n) is 14.5. The maximum absolute atomic E-state index is 13.0. The third kappa shape index (κ3) is 2.82. The Hall–Kier alpha value is -3.54. The number of aromatic nitrogens is 4. The highest BCUT2D eigenvalue weighted by molar-refractivity contribution is 6.13. The first-order valence-electron chi connectivity index (χ1n) is 8.24. The summed E-state index contributed by atoms with van der Waals surface area (Å²) < 4.78 is 1.71. The zero-order valence-corrected chi connectivity index (χ0v) is 14.5. The van der Waals surface area contributed by atoms with Crippen molar-refractivity contribution in [2.45, 2.75) is 6.92 Å². The number of pyridine rings is 2. The van der Waals surface area contributed by atoms with E-state index in [1.54, 1.807) is 29.2 Å². The third-order valence-electron chi connectivity index (χ3n) is 4.20. The molecule has 0 atom stereocenters. The second-order valence-electron chi connectivity index (χ2n) is 6.02. The van der Waals surface area contributed by atoms with Crippen LogP contribution in [0.15, 0.2) is 60.9 Å². The molecule has 0 saturated heterocycles. The van der Waals surface area contributed by atoms with Crippen LogP contribution in [0.4, 0.5) is 5.69 Å². The molecule has 0 radical (unpaired) electrons. The number of nitrogens with zero attached hydrogens (tertiary/aromatic N) is 4. The molecule has 4 aromatic rings. The summed E-state index contributed by atoms with van der Waals surface area (Å²) in [6.07, 6.45) is 3.28. The fraction of sp³-hybridized carbons (Fsp3) is 0.100. The number of carbonyl (C=O) groups is 1. The summed E-state index contributed by atoms with van der Waals surface area (Å²) >= 11 is 0. The molecule has 1 N–H and O–H groups in total. The Morgan fingerprint density at radius 1 is 1.12 bits per heavy atom. The minimum absolute atomic E-state index is 0.210. The SMILES string of the molecule is Cc1nn(C)c2nc(-c3ccccc3)cc(C(=O)Nc3cccnc3)c12. The van der Waals surface area contributed by atoms with E-state index in [-0.39, 0.29) is 5.91 Å². The quantitative estimate of drug-likeness (QED) is 0.617. The number of fused-ring (bicyclic) bond motifs is 1. The maximum atomic E-state index is 13.0. The van der Waals surface area contributed by atoms with Crippen LogP contribution < -0.4 is 5.32 Å². The first kappa shape index (κ1) is 16.0. The highest BCUT2D eigenvalue weighted by Crippen LogP contribution is 2.27. The first-order chi connectivity index (χ1) is 12.6. The number of nitrogens with one attached hydrogen (secondary N) is 1. The number of carbonyl (C=O) groups excluding carboxylic acids is 1. The van der Waals surface area contributed by atoms with Crippen molar-refractivity contribution in [3.8, 4) is 11.3 Å². The van der Waals surface area contributed by atoms with Gasteiger partial charge in [-0.15, -0.1) is 0 Å². The molecule has 1 amide bonds. The Kier molecular flexibility index (Phi) is 3.93. The van der Waals surface area contributed by atoms with Gasteiger partial charge in [0.2, 0.25) is 0 Å². The van der Waals surface area contributed by atoms with Gasteiger partial charge in [0.1, 0.15) is 0 Å². The molecule has 4 rings (SSSR count). The van der Waals surface area contributed by atoms with E-state index in [2.05, 4.69) is 15.4 Å². The first-order valence-corrected chi connectivity index (χ1v) is 8.24. The van der Waals surface area contributed by atoms with Gasteiger partial charge in [0.15, 0.2) is 5.65 Å². The molecule has 26 heavy (non-hydrogen) atoms. The molecular weight excluding hydrogens is 326 g/mol. The van der Waals surface area contributed by atoms with Crippen molar-refractivity contribution < 1.29 is 4.79 Å². The molecule has 0 unspecified atom stereocenters. The van der Waals surface area contributed by atoms with E-state index in [0.29, 0.717) is 16.9 Å². The van der Waals surface area contributed by atoms with E-state index in [1.807, 2.05) is 50.4 Å². The van der Waals surface area contributed by atoms with E-state index < -0.39 is 0 Å². The van der Waals surface area contributed by atoms with Crippen molar-refractivity contribution in [1.29, 1.82) is 0 Å². The van der Waals surface area contributed by atoms with Crippen molar-refractivity contribution in [1.82, 2.24) is 19.7 Å². The third-order valence-corrected chi connectivity index (χ3v) is 4.20. The van der Waals surface area contributed by atoms with Crippen molar-refractivity contribution in [3.05, 3.63) is 72.2 Å². The second-order valence-corrected chi connectivity index (χ2v) is 6.02. The molecule has 0 fully saturated rings. The largest absolute Gasteiger partial charge is 0.321 e. The summed E-state index contributed by atoms with van der Waals surface area (Å²) in [4.78, 5) is 21.7. The average Bonchev–Trinajstić information content (AvgIpc) is 2.96. The van der Waals surface area contributed by atoms with Gasteiger partial charge in [0, 0.05) is 18.8 Å². The molecule has 6 nitrogen and oxygen atoms in total. The fourth-order valence-corrected chi connectivity index (χ4v) is 3.02. The molecule has 128 valence electrons. The summed E-state index contributed by atoms with van der Waals surface area (Å²) in [5.74, 6) is -0.210. The molecular formula is C20H17N5O. The molecule has 0 saturated carbocycles. The lowest BCUT2D eigenvalue weighted by molar-refractivity contribution is 0.102. The minimum Gasteiger partial charge on any atom is -0.321 e. The van der Waals surface area contributed by atoms with Crippen LogP contribution >= 0.6 is 0 Å². The van der Waals surface area contributed by atoms with E-state index >= 15 is 0 Å². The highest BCUT2D eigenvalue weighted by atomic mass is 16.1. The maximum Gasteiger partial charge on any atom is 0.256 e. The van der Waals surface area contributed by atoms with Gasteiger partial charge in [-0.2, -0.15) is 5.10 Å². The number of amides is 1. The number of benzene rings is 1. The monoisotopic (exact) mass is 343 g/mol. The van der Waals surface area contributed by atoms with E-state index in [4.69, 9.17) is 4.98 Å². The molecule has 0 aliphatic rings. The molecule has 0 aliphatic heterocycles. The lowest BCUT2D eigenvalue weighted by atomic mass is 10.0. The summed E-state index contributed by atoms with van der Waals surface area (Å²) in [6, 6.07) is 15.2. The van der Waals surface area contributed by atoms with Gasteiger partial charge >= 0.3 is 0 Å². The fourth-order valence-electron chi connectivity index (χ4n) is 3.02. The van der Waals surface area contributed by atoms with Crippen LogP contribution in [-0.2, 0) is 7.05 Å². The second kappa shape index (κ2) is 6.40. The summed E-state index contributed by atoms with van der Waals surface area (Å²) in [7, 11) is 1.83. The van der Waals surface area contributed by atoms with Gasteiger partial charge in [0.25, 0.3) is 5.91 Å². The number of hydrogen-bond donors (Lipinski definition) is 1. The molecule has 0 bridgehead atoms. The minimum atomic E-state index is -0.210. The van der Waals surface area contributed by atoms with Crippen molar-refractivity contribution in [3.63, 3.8) is 0 Å². The van der Waals surface area contributed by atoms with Crippen molar-refractivity contribution in [2.24, 2.45) is 7.05 Å². The predicted octanol–water partition coefficient (Wildman–Crippen LogP) is 3.59. The number of aryl methyl sites for hydroxylation is 2. The molecule has 3 aromatic heterocycles. The molecule has 1 aromatic carbocycles. The van der Waals surface area contributed by atoms with Crippen LogP contribution in [0.1, 0.15) is 16.1 Å². The average molecular weight is 343 g/mol. The van der Waals surface area contributed by atoms with Gasteiger partial charge in [-0.25, -0.2) is 4.98 Å². The van der Waals surface area contributed by atoms with Gasteiger partial charge < -0.3 is 5.32 Å². The normalized spacial score (nSPS) is 10.8. The van der Waals surface area contributed by atoms with Crippen LogP contribution in [0.3, 0.4) is 0 Å². The van der Waals surface area contributed by atoms with Crippen LogP contribution in [0.2, 0.25) is 0 Å². The number of rotatable bonds is 3. The van der Waals surface area contributed by atoms with Crippen molar-refractivity contribution >= 4 is 22.6 Å². The zero-order chi connectivity index (χ0) is 18.1. The lowest BCUT2D eigenvalue weighted by Crippen LogP contribution is -2.13. The van der Waals surface area contributed by atoms with Crippen LogP contribution in [0, 0.1) is 6.92 Å². The standard InChI is InChI=1S/C20H17N5O/c1-13-18-16(20(26)22-15-9-6-10-21-12-15)11-17(14-7-4-3-5-8-14)23-19(18)25(2)24-13/h3-12H,1-2H3,(H,22,26). The van der Waals surface area contributed by atoms with Crippen LogP contribution in [0.5, 0.6) is 0 Å². The molecule has 3 heterocycles. The van der Waals surface area contributed by atoms with Gasteiger partial charge in [-0.3, -0.25) is 14.5 Å². The van der Waals surface area contributed by atoms with E-state index in [0.717, 1.165) is 22.3 Å². The molecule has 0 spiro atoms.